The molecule has 28 heavy (non-hydrogen) atoms. The third kappa shape index (κ3) is 4.51. The summed E-state index contributed by atoms with van der Waals surface area (Å²) in [5.41, 5.74) is 7.78. The maximum absolute atomic E-state index is 13.2. The second-order valence-corrected chi connectivity index (χ2v) is 8.87. The van der Waals surface area contributed by atoms with Gasteiger partial charge in [0, 0.05) is 38.3 Å². The Labute approximate surface area is 182 Å². The molecule has 1 saturated heterocycles. The van der Waals surface area contributed by atoms with Crippen LogP contribution in [0.4, 0.5) is 0 Å². The van der Waals surface area contributed by atoms with Crippen molar-refractivity contribution in [3.05, 3.63) is 35.9 Å². The number of nitrogens with two attached hydrogens (primary N) is 1. The molecule has 4 nitrogen and oxygen atoms in total. The van der Waals surface area contributed by atoms with Gasteiger partial charge in [0.05, 0.1) is 5.92 Å². The molecule has 1 aliphatic heterocycles. The van der Waals surface area contributed by atoms with Crippen LogP contribution < -0.4 is 5.73 Å². The number of amides is 1. The average molecular weight is 428 g/mol. The van der Waals surface area contributed by atoms with E-state index < -0.39 is 0 Å². The molecule has 0 radical (unpaired) electrons. The number of hydrogen-bond donors (Lipinski definition) is 1. The van der Waals surface area contributed by atoms with Crippen molar-refractivity contribution in [3.63, 3.8) is 0 Å². The number of carbonyl (C=O) groups is 1. The molecule has 2 aliphatic carbocycles. The normalized spacial score (nSPS) is 34.4. The lowest BCUT2D eigenvalue weighted by Crippen LogP contribution is -2.53. The Morgan fingerprint density at radius 2 is 1.79 bits per heavy atom. The molecule has 6 atom stereocenters. The molecule has 0 spiro atoms. The fourth-order valence-electron chi connectivity index (χ4n) is 5.72. The highest BCUT2D eigenvalue weighted by molar-refractivity contribution is 5.85. The Morgan fingerprint density at radius 3 is 2.39 bits per heavy atom. The van der Waals surface area contributed by atoms with Crippen LogP contribution in [0.1, 0.15) is 44.6 Å². The molecule has 2 saturated carbocycles. The fourth-order valence-corrected chi connectivity index (χ4v) is 5.72. The van der Waals surface area contributed by atoms with Crippen LogP contribution >= 0.6 is 24.8 Å². The molecule has 2 N–H and O–H groups in total. The Balaban J connectivity index is 0.00000140. The largest absolute Gasteiger partial charge is 0.342 e. The molecule has 1 heterocycles. The number of carbonyl (C=O) groups excluding carboxylic acids is 1. The number of nitrogens with zero attached hydrogens (tertiary/aromatic N) is 2. The molecular weight excluding hydrogens is 393 g/mol. The summed E-state index contributed by atoms with van der Waals surface area (Å²) in [7, 11) is 2.02. The van der Waals surface area contributed by atoms with E-state index in [1.807, 2.05) is 7.05 Å². The second-order valence-electron chi connectivity index (χ2n) is 8.87. The monoisotopic (exact) mass is 427 g/mol. The van der Waals surface area contributed by atoms with Crippen LogP contribution in [0.15, 0.2) is 30.3 Å². The quantitative estimate of drug-likeness (QED) is 0.796. The van der Waals surface area contributed by atoms with Gasteiger partial charge in [-0.05, 0) is 56.4 Å². The van der Waals surface area contributed by atoms with Gasteiger partial charge in [0.25, 0.3) is 0 Å². The summed E-state index contributed by atoms with van der Waals surface area (Å²) in [6.07, 6.45) is 5.74. The van der Waals surface area contributed by atoms with E-state index >= 15 is 0 Å². The molecule has 158 valence electrons. The Bertz CT molecular complexity index is 642. The van der Waals surface area contributed by atoms with Gasteiger partial charge >= 0.3 is 0 Å². The standard InChI is InChI=1S/C22H33N3O.2ClH/c1-15-12-19(10-11-25(15)14-16-6-4-3-5-7-16)24(2)22(26)20-17-8-9-18(13-17)21(20)23;;/h3-7,15,17-21H,8-14,23H2,1-2H3;2*1H. The van der Waals surface area contributed by atoms with Crippen molar-refractivity contribution in [1.82, 2.24) is 9.80 Å². The summed E-state index contributed by atoms with van der Waals surface area (Å²) >= 11 is 0. The Kier molecular flexibility index (Phi) is 8.21. The van der Waals surface area contributed by atoms with Gasteiger partial charge in [0.2, 0.25) is 5.91 Å². The van der Waals surface area contributed by atoms with E-state index in [9.17, 15) is 4.79 Å². The van der Waals surface area contributed by atoms with E-state index in [1.54, 1.807) is 0 Å². The van der Waals surface area contributed by atoms with Crippen molar-refractivity contribution < 1.29 is 4.79 Å². The van der Waals surface area contributed by atoms with Gasteiger partial charge in [-0.15, -0.1) is 24.8 Å². The fraction of sp³-hybridized carbons (Fsp3) is 0.682. The summed E-state index contributed by atoms with van der Waals surface area (Å²) in [6, 6.07) is 11.6. The van der Waals surface area contributed by atoms with Crippen molar-refractivity contribution in [2.45, 2.75) is 63.7 Å². The van der Waals surface area contributed by atoms with Crippen LogP contribution in [0.3, 0.4) is 0 Å². The van der Waals surface area contributed by atoms with Crippen LogP contribution in [0.25, 0.3) is 0 Å². The summed E-state index contributed by atoms with van der Waals surface area (Å²) in [5, 5.41) is 0. The van der Waals surface area contributed by atoms with E-state index in [0.29, 0.717) is 29.8 Å². The smallest absolute Gasteiger partial charge is 0.227 e. The number of rotatable bonds is 4. The molecule has 1 aromatic rings. The summed E-state index contributed by atoms with van der Waals surface area (Å²) in [6.45, 7) is 4.36. The Morgan fingerprint density at radius 1 is 1.11 bits per heavy atom. The van der Waals surface area contributed by atoms with Gasteiger partial charge in [-0.25, -0.2) is 0 Å². The number of fused-ring (bicyclic) bond motifs is 2. The zero-order valence-corrected chi connectivity index (χ0v) is 18.6. The number of benzene rings is 1. The second kappa shape index (κ2) is 9.80. The lowest BCUT2D eigenvalue weighted by Gasteiger charge is -2.42. The molecule has 2 bridgehead atoms. The third-order valence-electron chi connectivity index (χ3n) is 7.38. The van der Waals surface area contributed by atoms with Crippen molar-refractivity contribution in [2.75, 3.05) is 13.6 Å². The number of halogens is 2. The topological polar surface area (TPSA) is 49.6 Å². The predicted molar refractivity (Wildman–Crippen MR) is 119 cm³/mol. The summed E-state index contributed by atoms with van der Waals surface area (Å²) in [5.74, 6) is 1.53. The minimum Gasteiger partial charge on any atom is -0.342 e. The minimum atomic E-state index is 0. The van der Waals surface area contributed by atoms with E-state index in [1.165, 1.54) is 24.8 Å². The van der Waals surface area contributed by atoms with Gasteiger partial charge < -0.3 is 10.6 Å². The molecule has 0 aromatic heterocycles. The zero-order chi connectivity index (χ0) is 18.3. The first kappa shape index (κ1) is 23.5. The van der Waals surface area contributed by atoms with Crippen LogP contribution in [0, 0.1) is 17.8 Å². The molecule has 6 unspecified atom stereocenters. The maximum Gasteiger partial charge on any atom is 0.227 e. The lowest BCUT2D eigenvalue weighted by atomic mass is 9.83. The van der Waals surface area contributed by atoms with Crippen molar-refractivity contribution >= 4 is 30.7 Å². The zero-order valence-electron chi connectivity index (χ0n) is 17.0. The average Bonchev–Trinajstić information content (AvgIpc) is 3.24. The highest BCUT2D eigenvalue weighted by Crippen LogP contribution is 2.48. The van der Waals surface area contributed by atoms with Gasteiger partial charge in [0.15, 0.2) is 0 Å². The first-order valence-electron chi connectivity index (χ1n) is 10.3. The van der Waals surface area contributed by atoms with Gasteiger partial charge in [-0.3, -0.25) is 9.69 Å². The lowest BCUT2D eigenvalue weighted by molar-refractivity contribution is -0.139. The van der Waals surface area contributed by atoms with Crippen LogP contribution in [-0.4, -0.2) is 47.4 Å². The molecule has 1 aromatic carbocycles. The van der Waals surface area contributed by atoms with E-state index in [2.05, 4.69) is 47.1 Å². The highest BCUT2D eigenvalue weighted by Gasteiger charge is 2.50. The van der Waals surface area contributed by atoms with Gasteiger partial charge in [-0.2, -0.15) is 0 Å². The molecule has 4 rings (SSSR count). The highest BCUT2D eigenvalue weighted by atomic mass is 35.5. The Hall–Kier alpha value is -0.810. The van der Waals surface area contributed by atoms with E-state index in [-0.39, 0.29) is 36.8 Å². The summed E-state index contributed by atoms with van der Waals surface area (Å²) < 4.78 is 0. The van der Waals surface area contributed by atoms with Gasteiger partial charge in [-0.1, -0.05) is 30.3 Å². The molecule has 1 amide bonds. The maximum atomic E-state index is 13.2. The van der Waals surface area contributed by atoms with Crippen LogP contribution in [-0.2, 0) is 11.3 Å². The van der Waals surface area contributed by atoms with Gasteiger partial charge in [0.1, 0.15) is 0 Å². The van der Waals surface area contributed by atoms with E-state index in [4.69, 9.17) is 5.73 Å². The molecular formula is C22H35Cl2N3O. The van der Waals surface area contributed by atoms with Crippen molar-refractivity contribution in [2.24, 2.45) is 23.5 Å². The minimum absolute atomic E-state index is 0. The number of hydrogen-bond acceptors (Lipinski definition) is 3. The van der Waals surface area contributed by atoms with Crippen molar-refractivity contribution in [3.8, 4) is 0 Å². The van der Waals surface area contributed by atoms with Crippen LogP contribution in [0.5, 0.6) is 0 Å². The first-order chi connectivity index (χ1) is 12.5. The molecule has 6 heteroatoms. The van der Waals surface area contributed by atoms with E-state index in [0.717, 1.165) is 25.9 Å². The first-order valence-corrected chi connectivity index (χ1v) is 10.3. The van der Waals surface area contributed by atoms with Crippen LogP contribution in [0.2, 0.25) is 0 Å². The summed E-state index contributed by atoms with van der Waals surface area (Å²) in [4.78, 5) is 17.8. The molecule has 3 aliphatic rings. The van der Waals surface area contributed by atoms with Crippen molar-refractivity contribution in [1.29, 1.82) is 0 Å². The number of piperidine rings is 1. The number of likely N-dealkylation sites (tertiary alicyclic amines) is 1. The third-order valence-corrected chi connectivity index (χ3v) is 7.38. The predicted octanol–water partition coefficient (Wildman–Crippen LogP) is 3.71. The SMILES string of the molecule is CC1CC(N(C)C(=O)C2C3CCC(C3)C2N)CCN1Cc1ccccc1.Cl.Cl. The molecule has 3 fully saturated rings.